The van der Waals surface area contributed by atoms with Crippen molar-refractivity contribution in [1.29, 1.82) is 16.2 Å². The predicted octanol–water partition coefficient (Wildman–Crippen LogP) is 4.24. The Bertz CT molecular complexity index is 1900. The molecule has 4 rings (SSSR count). The number of amides is 4. The van der Waals surface area contributed by atoms with Gasteiger partial charge in [-0.2, -0.15) is 0 Å². The van der Waals surface area contributed by atoms with E-state index in [0.29, 0.717) is 50.2 Å². The van der Waals surface area contributed by atoms with Crippen molar-refractivity contribution in [3.63, 3.8) is 0 Å². The van der Waals surface area contributed by atoms with E-state index in [1.54, 1.807) is 0 Å². The van der Waals surface area contributed by atoms with Crippen LogP contribution in [0.25, 0.3) is 0 Å². The van der Waals surface area contributed by atoms with Crippen LogP contribution in [0.4, 0.5) is 19.2 Å². The van der Waals surface area contributed by atoms with Crippen molar-refractivity contribution in [1.82, 2.24) is 37.2 Å². The molecule has 0 heterocycles. The van der Waals surface area contributed by atoms with Crippen molar-refractivity contribution >= 4 is 48.2 Å². The Balaban J connectivity index is 1.23. The van der Waals surface area contributed by atoms with Gasteiger partial charge in [0.1, 0.15) is 44.7 Å². The van der Waals surface area contributed by atoms with Crippen LogP contribution >= 0.6 is 0 Å². The Kier molecular flexibility index (Phi) is 27.1. The molecule has 0 aromatic carbocycles. The molecule has 4 aliphatic rings. The summed E-state index contributed by atoms with van der Waals surface area (Å²) in [6, 6.07) is 0. The van der Waals surface area contributed by atoms with Gasteiger partial charge >= 0.3 is 24.4 Å². The normalized spacial score (nSPS) is 24.2. The molecule has 444 valence electrons. The first kappa shape index (κ1) is 64.5. The summed E-state index contributed by atoms with van der Waals surface area (Å²) in [6.07, 6.45) is 12.9. The third-order valence-electron chi connectivity index (χ3n) is 16.2. The smallest absolute Gasteiger partial charge is 0.447 e. The number of allylic oxidation sites excluding steroid dienone is 1. The van der Waals surface area contributed by atoms with Gasteiger partial charge in [-0.05, 0) is 111 Å². The molecule has 0 aliphatic heterocycles. The van der Waals surface area contributed by atoms with E-state index >= 15 is 0 Å². The lowest BCUT2D eigenvalue weighted by atomic mass is 9.47. The number of guanidine groups is 3. The molecule has 4 aliphatic carbocycles. The number of nitrogens with one attached hydrogen (secondary N) is 10. The number of ether oxygens (including phenoxy) is 7. The van der Waals surface area contributed by atoms with E-state index in [4.69, 9.17) is 66.6 Å². The fourth-order valence-electron chi connectivity index (χ4n) is 12.3. The number of carbonyl (C=O) groups excluding carboxylic acids is 5. The zero-order valence-electron chi connectivity index (χ0n) is 47.0. The first-order chi connectivity index (χ1) is 37.2. The number of carbonyl (C=O) groups is 5. The zero-order chi connectivity index (χ0) is 57.1. The van der Waals surface area contributed by atoms with Crippen molar-refractivity contribution in [2.24, 2.45) is 63.5 Å². The van der Waals surface area contributed by atoms with E-state index in [9.17, 15) is 24.0 Å². The van der Waals surface area contributed by atoms with E-state index < -0.39 is 62.3 Å². The zero-order valence-corrected chi connectivity index (χ0v) is 47.0. The van der Waals surface area contributed by atoms with Gasteiger partial charge in [-0.3, -0.25) is 21.0 Å². The molecule has 0 bridgehead atoms. The largest absolute Gasteiger partial charge is 0.508 e. The molecule has 3 fully saturated rings. The van der Waals surface area contributed by atoms with Gasteiger partial charge in [-0.1, -0.05) is 65.5 Å². The molecule has 0 aromatic heterocycles. The predicted molar refractivity (Wildman–Crippen MR) is 293 cm³/mol. The van der Waals surface area contributed by atoms with Crippen LogP contribution in [0.15, 0.2) is 11.6 Å². The first-order valence-electron chi connectivity index (χ1n) is 28.1. The van der Waals surface area contributed by atoms with Gasteiger partial charge in [-0.25, -0.2) is 19.2 Å². The fourth-order valence-corrected chi connectivity index (χ4v) is 12.3. The van der Waals surface area contributed by atoms with Crippen LogP contribution in [-0.4, -0.2) is 152 Å². The Labute approximate surface area is 461 Å². The number of hydrogen-bond donors (Lipinski definition) is 13. The highest BCUT2D eigenvalue weighted by molar-refractivity contribution is 5.78. The standard InChI is InChI=1S/C53H95N13O12/c1-35(2)10-6-11-36(3)40-14-15-41-39-13-12-37-30-38(16-18-51(37,4)42(39)17-19-52(40,41)5)78-50(71)74-29-28-72-26-27-73-31-43(67)66-53(32-75-47(68)63-23-7-20-60-44(54)55,33-76-48(69)64-24-8-21-61-45(56)57)34-77-49(70)65-25-9-22-62-46(58)59/h12,35-36,38-42H,6-11,13-34H2,1-5H3,(H,63,68)(H,64,69)(H,65,70)(H,66,67)(H4,54,55,60)(H4,56,57,61)(H4,58,59,62). The molecule has 0 spiro atoms. The third kappa shape index (κ3) is 21.7. The minimum absolute atomic E-state index is 0.0357. The van der Waals surface area contributed by atoms with Crippen LogP contribution in [0.2, 0.25) is 0 Å². The number of fused-ring (bicyclic) bond motifs is 5. The Morgan fingerprint density at radius 1 is 0.641 bits per heavy atom. The lowest BCUT2D eigenvalue weighted by molar-refractivity contribution is -0.130. The minimum atomic E-state index is -1.84. The van der Waals surface area contributed by atoms with Crippen molar-refractivity contribution < 1.29 is 57.1 Å². The van der Waals surface area contributed by atoms with Crippen molar-refractivity contribution in [2.45, 2.75) is 136 Å². The van der Waals surface area contributed by atoms with Gasteiger partial charge in [0.2, 0.25) is 5.91 Å². The van der Waals surface area contributed by atoms with Gasteiger partial charge < -0.3 is 87.6 Å². The Hall–Kier alpha value is -5.98. The van der Waals surface area contributed by atoms with E-state index in [1.165, 1.54) is 50.5 Å². The molecule has 78 heavy (non-hydrogen) atoms. The van der Waals surface area contributed by atoms with Crippen LogP contribution < -0.4 is 54.4 Å². The van der Waals surface area contributed by atoms with Crippen molar-refractivity contribution in [2.75, 3.05) is 92.1 Å². The topological polar surface area (TPSA) is 384 Å². The highest BCUT2D eigenvalue weighted by Crippen LogP contribution is 2.67. The molecule has 4 amide bonds. The molecule has 0 radical (unpaired) electrons. The van der Waals surface area contributed by atoms with E-state index in [-0.39, 0.29) is 75.5 Å². The van der Waals surface area contributed by atoms with E-state index in [2.05, 4.69) is 77.9 Å². The highest BCUT2D eigenvalue weighted by Gasteiger charge is 2.59. The fraction of sp³-hybridized carbons (Fsp3) is 0.811. The maximum absolute atomic E-state index is 13.4. The van der Waals surface area contributed by atoms with E-state index in [1.807, 2.05) is 0 Å². The van der Waals surface area contributed by atoms with Gasteiger partial charge in [0.05, 0.1) is 19.8 Å². The number of rotatable bonds is 33. The molecular formula is C53H95N13O12. The average molecular weight is 1110 g/mol. The van der Waals surface area contributed by atoms with Crippen LogP contribution in [-0.2, 0) is 38.0 Å². The molecule has 16 N–H and O–H groups in total. The summed E-state index contributed by atoms with van der Waals surface area (Å²) in [5.74, 6) is 3.07. The summed E-state index contributed by atoms with van der Waals surface area (Å²) in [7, 11) is 0. The van der Waals surface area contributed by atoms with Gasteiger partial charge in [-0.15, -0.1) is 0 Å². The molecule has 25 nitrogen and oxygen atoms in total. The Morgan fingerprint density at radius 3 is 1.71 bits per heavy atom. The Morgan fingerprint density at radius 2 is 1.17 bits per heavy atom. The summed E-state index contributed by atoms with van der Waals surface area (Å²) in [4.78, 5) is 64.6. The summed E-state index contributed by atoms with van der Waals surface area (Å²) in [5.41, 5.74) is 16.1. The lowest BCUT2D eigenvalue weighted by Gasteiger charge is -2.58. The van der Waals surface area contributed by atoms with Gasteiger partial charge in [0.25, 0.3) is 0 Å². The highest BCUT2D eigenvalue weighted by atomic mass is 16.7. The summed E-state index contributed by atoms with van der Waals surface area (Å²) in [5, 5.41) is 39.9. The van der Waals surface area contributed by atoms with Crippen molar-refractivity contribution in [3.8, 4) is 0 Å². The number of hydrogen-bond acceptors (Lipinski definition) is 15. The SMILES string of the molecule is CC(C)CCCC(C)C1CCC2C3CC=C4CC(OC(=O)OCCOCCOCC(=O)NC(COC(=O)NCCCNC(=N)N)(COC(=O)NCCCNC(=N)N)COC(=O)NCCCNC(=N)N)CCC4(C)C3CCC12C. The summed E-state index contributed by atoms with van der Waals surface area (Å²) < 4.78 is 38.6. The minimum Gasteiger partial charge on any atom is -0.447 e. The molecule has 0 aromatic rings. The molecule has 25 heteroatoms. The van der Waals surface area contributed by atoms with Crippen LogP contribution in [0, 0.1) is 62.6 Å². The second kappa shape index (κ2) is 32.8. The summed E-state index contributed by atoms with van der Waals surface area (Å²) >= 11 is 0. The maximum atomic E-state index is 13.4. The molecular weight excluding hydrogens is 1010 g/mol. The molecule has 8 unspecified atom stereocenters. The van der Waals surface area contributed by atoms with Gasteiger partial charge in [0.15, 0.2) is 17.9 Å². The van der Waals surface area contributed by atoms with Crippen LogP contribution in [0.5, 0.6) is 0 Å². The molecule has 0 saturated heterocycles. The average Bonchev–Trinajstić information content (AvgIpc) is 3.97. The second-order valence-corrected chi connectivity index (χ2v) is 22.5. The number of nitrogens with two attached hydrogens (primary N) is 3. The van der Waals surface area contributed by atoms with Crippen LogP contribution in [0.1, 0.15) is 125 Å². The van der Waals surface area contributed by atoms with Gasteiger partial charge in [0, 0.05) is 45.7 Å². The van der Waals surface area contributed by atoms with Crippen LogP contribution in [0.3, 0.4) is 0 Å². The maximum Gasteiger partial charge on any atom is 0.508 e. The third-order valence-corrected chi connectivity index (χ3v) is 16.2. The number of alkyl carbamates (subject to hydrolysis) is 3. The quantitative estimate of drug-likeness (QED) is 0.0109. The lowest BCUT2D eigenvalue weighted by Crippen LogP contribution is -2.60. The first-order valence-corrected chi connectivity index (χ1v) is 28.1. The molecule has 3 saturated carbocycles. The monoisotopic (exact) mass is 1110 g/mol. The summed E-state index contributed by atoms with van der Waals surface area (Å²) in [6.45, 7) is 11.0. The van der Waals surface area contributed by atoms with Crippen molar-refractivity contribution in [3.05, 3.63) is 11.6 Å². The second-order valence-electron chi connectivity index (χ2n) is 22.5. The van der Waals surface area contributed by atoms with E-state index in [0.717, 1.165) is 55.3 Å². The molecule has 8 atom stereocenters.